The number of imide groups is 1. The van der Waals surface area contributed by atoms with Crippen molar-refractivity contribution in [3.8, 4) is 5.75 Å². The average molecular weight is 238 g/mol. The Bertz CT molecular complexity index is 418. The summed E-state index contributed by atoms with van der Waals surface area (Å²) in [6.45, 7) is 1.31. The smallest absolute Gasteiger partial charge is 0.318 e. The summed E-state index contributed by atoms with van der Waals surface area (Å²) in [5.74, 6) is -0.192. The molecule has 0 aliphatic carbocycles. The van der Waals surface area contributed by atoms with E-state index in [0.717, 1.165) is 0 Å². The number of benzene rings is 1. The van der Waals surface area contributed by atoms with Gasteiger partial charge in [0.05, 0.1) is 6.10 Å². The van der Waals surface area contributed by atoms with Crippen molar-refractivity contribution in [1.82, 2.24) is 5.32 Å². The summed E-state index contributed by atoms with van der Waals surface area (Å²) in [5.41, 5.74) is 5.45. The summed E-state index contributed by atoms with van der Waals surface area (Å²) in [5, 5.41) is 11.2. The molecule has 0 aromatic heterocycles. The molecule has 1 aromatic rings. The molecule has 6 nitrogen and oxygen atoms in total. The molecule has 0 fully saturated rings. The van der Waals surface area contributed by atoms with Crippen LogP contribution in [0.25, 0.3) is 0 Å². The van der Waals surface area contributed by atoms with E-state index in [4.69, 9.17) is 10.5 Å². The zero-order valence-electron chi connectivity index (χ0n) is 9.34. The molecule has 6 heteroatoms. The maximum atomic E-state index is 11.1. The van der Waals surface area contributed by atoms with E-state index in [0.29, 0.717) is 11.3 Å². The predicted octanol–water partition coefficient (Wildman–Crippen LogP) is 0.314. The second kappa shape index (κ2) is 5.86. The number of hydrogen-bond donors (Lipinski definition) is 3. The Kier molecular flexibility index (Phi) is 4.47. The second-order valence-electron chi connectivity index (χ2n) is 3.45. The minimum Gasteiger partial charge on any atom is -0.484 e. The fraction of sp³-hybridized carbons (Fsp3) is 0.273. The van der Waals surface area contributed by atoms with Crippen molar-refractivity contribution in [3.05, 3.63) is 29.8 Å². The highest BCUT2D eigenvalue weighted by atomic mass is 16.5. The van der Waals surface area contributed by atoms with E-state index in [1.807, 2.05) is 5.32 Å². The SMILES string of the molecule is C[C@H](O)c1cccc(OCC(=O)NC(N)=O)c1. The molecular weight excluding hydrogens is 224 g/mol. The number of nitrogens with one attached hydrogen (secondary N) is 1. The van der Waals surface area contributed by atoms with Gasteiger partial charge in [-0.2, -0.15) is 0 Å². The van der Waals surface area contributed by atoms with Gasteiger partial charge in [-0.25, -0.2) is 4.79 Å². The summed E-state index contributed by atoms with van der Waals surface area (Å²) < 4.78 is 5.13. The molecular formula is C11H14N2O4. The van der Waals surface area contributed by atoms with Crippen molar-refractivity contribution >= 4 is 11.9 Å². The lowest BCUT2D eigenvalue weighted by Crippen LogP contribution is -2.38. The van der Waals surface area contributed by atoms with Crippen LogP contribution in [0.2, 0.25) is 0 Å². The first kappa shape index (κ1) is 13.0. The first-order chi connectivity index (χ1) is 7.99. The van der Waals surface area contributed by atoms with Gasteiger partial charge in [0.25, 0.3) is 5.91 Å². The van der Waals surface area contributed by atoms with E-state index < -0.39 is 18.0 Å². The number of aliphatic hydroxyl groups excluding tert-OH is 1. The van der Waals surface area contributed by atoms with Crippen LogP contribution in [0.4, 0.5) is 4.79 Å². The van der Waals surface area contributed by atoms with E-state index in [1.54, 1.807) is 31.2 Å². The average Bonchev–Trinajstić information content (AvgIpc) is 2.26. The summed E-state index contributed by atoms with van der Waals surface area (Å²) in [7, 11) is 0. The quantitative estimate of drug-likeness (QED) is 0.702. The molecule has 0 aliphatic heterocycles. The fourth-order valence-electron chi connectivity index (χ4n) is 1.19. The van der Waals surface area contributed by atoms with Crippen LogP contribution < -0.4 is 15.8 Å². The van der Waals surface area contributed by atoms with Gasteiger partial charge in [0.2, 0.25) is 0 Å². The molecule has 0 saturated heterocycles. The molecule has 3 amide bonds. The lowest BCUT2D eigenvalue weighted by atomic mass is 10.1. The summed E-state index contributed by atoms with van der Waals surface area (Å²) in [4.78, 5) is 21.4. The molecule has 0 aliphatic rings. The van der Waals surface area contributed by atoms with Crippen molar-refractivity contribution in [1.29, 1.82) is 0 Å². The Balaban J connectivity index is 2.54. The summed E-state index contributed by atoms with van der Waals surface area (Å²) in [6.07, 6.45) is -0.613. The monoisotopic (exact) mass is 238 g/mol. The summed E-state index contributed by atoms with van der Waals surface area (Å²) >= 11 is 0. The van der Waals surface area contributed by atoms with Crippen molar-refractivity contribution in [2.24, 2.45) is 5.73 Å². The molecule has 1 aromatic carbocycles. The van der Waals surface area contributed by atoms with Crippen LogP contribution in [0.1, 0.15) is 18.6 Å². The van der Waals surface area contributed by atoms with E-state index in [1.165, 1.54) is 0 Å². The van der Waals surface area contributed by atoms with Gasteiger partial charge < -0.3 is 15.6 Å². The minimum atomic E-state index is -0.920. The molecule has 17 heavy (non-hydrogen) atoms. The molecule has 0 unspecified atom stereocenters. The number of nitrogens with two attached hydrogens (primary N) is 1. The van der Waals surface area contributed by atoms with Gasteiger partial charge in [-0.05, 0) is 24.6 Å². The molecule has 0 saturated carbocycles. The van der Waals surface area contributed by atoms with Crippen LogP contribution in [0.15, 0.2) is 24.3 Å². The number of primary amides is 1. The predicted molar refractivity (Wildman–Crippen MR) is 60.3 cm³/mol. The van der Waals surface area contributed by atoms with E-state index >= 15 is 0 Å². The molecule has 4 N–H and O–H groups in total. The highest BCUT2D eigenvalue weighted by molar-refractivity contribution is 5.94. The van der Waals surface area contributed by atoms with Gasteiger partial charge in [-0.15, -0.1) is 0 Å². The number of urea groups is 1. The zero-order chi connectivity index (χ0) is 12.8. The largest absolute Gasteiger partial charge is 0.484 e. The van der Waals surface area contributed by atoms with Gasteiger partial charge in [0, 0.05) is 0 Å². The van der Waals surface area contributed by atoms with Crippen molar-refractivity contribution in [2.45, 2.75) is 13.0 Å². The minimum absolute atomic E-state index is 0.313. The Morgan fingerprint density at radius 3 is 2.82 bits per heavy atom. The Hall–Kier alpha value is -2.08. The molecule has 1 rings (SSSR count). The van der Waals surface area contributed by atoms with Gasteiger partial charge in [0.15, 0.2) is 6.61 Å². The third-order valence-corrected chi connectivity index (χ3v) is 1.97. The van der Waals surface area contributed by atoms with Gasteiger partial charge in [-0.3, -0.25) is 10.1 Å². The molecule has 0 radical (unpaired) electrons. The third-order valence-electron chi connectivity index (χ3n) is 1.97. The topological polar surface area (TPSA) is 102 Å². The number of carbonyl (C=O) groups excluding carboxylic acids is 2. The number of aliphatic hydroxyl groups is 1. The van der Waals surface area contributed by atoms with Crippen molar-refractivity contribution < 1.29 is 19.4 Å². The lowest BCUT2D eigenvalue weighted by molar-refractivity contribution is -0.121. The summed E-state index contributed by atoms with van der Waals surface area (Å²) in [6, 6.07) is 5.77. The fourth-order valence-corrected chi connectivity index (χ4v) is 1.19. The van der Waals surface area contributed by atoms with E-state index in [9.17, 15) is 14.7 Å². The highest BCUT2D eigenvalue weighted by Crippen LogP contribution is 2.18. The molecule has 0 bridgehead atoms. The Labute approximate surface area is 98.4 Å². The standard InChI is InChI=1S/C11H14N2O4/c1-7(14)8-3-2-4-9(5-8)17-6-10(15)13-11(12)16/h2-5,7,14H,6H2,1H3,(H3,12,13,15,16)/t7-/m0/s1. The lowest BCUT2D eigenvalue weighted by Gasteiger charge is -2.08. The van der Waals surface area contributed by atoms with Crippen LogP contribution in [-0.2, 0) is 4.79 Å². The molecule has 0 spiro atoms. The first-order valence-corrected chi connectivity index (χ1v) is 4.99. The van der Waals surface area contributed by atoms with E-state index in [2.05, 4.69) is 0 Å². The molecule has 0 heterocycles. The Morgan fingerprint density at radius 1 is 1.53 bits per heavy atom. The van der Waals surface area contributed by atoms with Crippen LogP contribution >= 0.6 is 0 Å². The Morgan fingerprint density at radius 2 is 2.24 bits per heavy atom. The van der Waals surface area contributed by atoms with Crippen molar-refractivity contribution in [3.63, 3.8) is 0 Å². The maximum Gasteiger partial charge on any atom is 0.318 e. The number of rotatable bonds is 4. The van der Waals surface area contributed by atoms with Crippen LogP contribution in [-0.4, -0.2) is 23.7 Å². The molecule has 1 atom stereocenters. The normalized spacial score (nSPS) is 11.6. The number of amides is 3. The van der Waals surface area contributed by atoms with Crippen LogP contribution in [0.3, 0.4) is 0 Å². The van der Waals surface area contributed by atoms with Crippen molar-refractivity contribution in [2.75, 3.05) is 6.61 Å². The zero-order valence-corrected chi connectivity index (χ0v) is 9.34. The van der Waals surface area contributed by atoms with Crippen LogP contribution in [0, 0.1) is 0 Å². The van der Waals surface area contributed by atoms with Crippen LogP contribution in [0.5, 0.6) is 5.75 Å². The number of carbonyl (C=O) groups is 2. The maximum absolute atomic E-state index is 11.1. The number of ether oxygens (including phenoxy) is 1. The molecule has 92 valence electrons. The number of hydrogen-bond acceptors (Lipinski definition) is 4. The third kappa shape index (κ3) is 4.52. The highest BCUT2D eigenvalue weighted by Gasteiger charge is 2.06. The van der Waals surface area contributed by atoms with Gasteiger partial charge in [-0.1, -0.05) is 12.1 Å². The second-order valence-corrected chi connectivity index (χ2v) is 3.45. The van der Waals surface area contributed by atoms with Gasteiger partial charge >= 0.3 is 6.03 Å². The first-order valence-electron chi connectivity index (χ1n) is 4.99. The van der Waals surface area contributed by atoms with E-state index in [-0.39, 0.29) is 6.61 Å². The van der Waals surface area contributed by atoms with Gasteiger partial charge in [0.1, 0.15) is 5.75 Å².